The lowest BCUT2D eigenvalue weighted by molar-refractivity contribution is -0.0819. The predicted molar refractivity (Wildman–Crippen MR) is 139 cm³/mol. The summed E-state index contributed by atoms with van der Waals surface area (Å²) in [6.07, 6.45) is 7.51. The fourth-order valence-corrected chi connectivity index (χ4v) is 10.8. The van der Waals surface area contributed by atoms with Crippen molar-refractivity contribution in [3.8, 4) is 11.1 Å². The SMILES string of the molecule is c1ccc2c(c1)-c1cc3[nH]c4ccc5ccccc5c4c3cc1C21C2CC3CC4CC1C2(C3)C4. The molecular formula is C33H27N. The molecule has 1 heterocycles. The maximum absolute atomic E-state index is 3.80. The first-order valence-electron chi connectivity index (χ1n) is 13.3. The van der Waals surface area contributed by atoms with Crippen LogP contribution in [0.3, 0.4) is 0 Å². The third-order valence-electron chi connectivity index (χ3n) is 11.4. The molecule has 0 radical (unpaired) electrons. The topological polar surface area (TPSA) is 15.8 Å². The van der Waals surface area contributed by atoms with Crippen LogP contribution in [0.2, 0.25) is 0 Å². The molecule has 0 aliphatic heterocycles. The molecule has 5 aliphatic rings. The number of H-pyrrole nitrogens is 1. The van der Waals surface area contributed by atoms with E-state index >= 15 is 0 Å². The van der Waals surface area contributed by atoms with Crippen molar-refractivity contribution in [2.24, 2.45) is 29.1 Å². The Bertz CT molecular complexity index is 1710. The minimum absolute atomic E-state index is 0.262. The van der Waals surface area contributed by atoms with E-state index in [1.807, 2.05) is 0 Å². The van der Waals surface area contributed by atoms with Gasteiger partial charge in [0.1, 0.15) is 0 Å². The fourth-order valence-electron chi connectivity index (χ4n) is 10.8. The van der Waals surface area contributed by atoms with E-state index in [-0.39, 0.29) is 5.41 Å². The number of hydrogen-bond donors (Lipinski definition) is 1. The minimum atomic E-state index is 0.262. The summed E-state index contributed by atoms with van der Waals surface area (Å²) in [4.78, 5) is 3.80. The normalized spacial score (nSPS) is 35.9. The zero-order valence-electron chi connectivity index (χ0n) is 19.3. The molecule has 2 spiro atoms. The van der Waals surface area contributed by atoms with Crippen molar-refractivity contribution in [3.63, 3.8) is 0 Å². The van der Waals surface area contributed by atoms with Gasteiger partial charge in [0.2, 0.25) is 0 Å². The van der Waals surface area contributed by atoms with Gasteiger partial charge >= 0.3 is 0 Å². The van der Waals surface area contributed by atoms with Crippen molar-refractivity contribution < 1.29 is 0 Å². The summed E-state index contributed by atoms with van der Waals surface area (Å²) >= 11 is 0. The van der Waals surface area contributed by atoms with E-state index in [9.17, 15) is 0 Å². The maximum atomic E-state index is 3.80. The van der Waals surface area contributed by atoms with Gasteiger partial charge in [0.15, 0.2) is 0 Å². The number of fused-ring (bicyclic) bond motifs is 14. The van der Waals surface area contributed by atoms with E-state index < -0.39 is 0 Å². The van der Waals surface area contributed by atoms with Crippen molar-refractivity contribution in [3.05, 3.63) is 83.9 Å². The maximum Gasteiger partial charge on any atom is 0.0471 e. The summed E-state index contributed by atoms with van der Waals surface area (Å²) < 4.78 is 0. The number of benzene rings is 4. The van der Waals surface area contributed by atoms with Crippen molar-refractivity contribution >= 4 is 32.6 Å². The molecule has 4 saturated carbocycles. The first-order valence-corrected chi connectivity index (χ1v) is 13.3. The van der Waals surface area contributed by atoms with Crippen LogP contribution in [-0.2, 0) is 5.41 Å². The van der Waals surface area contributed by atoms with Crippen molar-refractivity contribution in [2.75, 3.05) is 0 Å². The van der Waals surface area contributed by atoms with Gasteiger partial charge < -0.3 is 4.98 Å². The van der Waals surface area contributed by atoms with Gasteiger partial charge in [0.25, 0.3) is 0 Å². The van der Waals surface area contributed by atoms with Gasteiger partial charge in [-0.2, -0.15) is 0 Å². The van der Waals surface area contributed by atoms with Gasteiger partial charge in [-0.25, -0.2) is 0 Å². The molecule has 34 heavy (non-hydrogen) atoms. The van der Waals surface area contributed by atoms with Gasteiger partial charge in [0, 0.05) is 27.2 Å². The molecule has 5 aliphatic carbocycles. The van der Waals surface area contributed by atoms with Crippen molar-refractivity contribution in [1.29, 1.82) is 0 Å². The standard InChI is InChI=1S/C33H27N/c1-2-6-21-20(5-1)9-10-27-31(21)24-14-26-23(15-28(24)34-27)22-7-3-4-8-25(22)33(26)29-12-18-11-19-13-30(33)32(29,16-18)17-19/h1-10,14-15,18-19,29-30,34H,11-13,16-17H2. The summed E-state index contributed by atoms with van der Waals surface area (Å²) in [5, 5.41) is 5.55. The Balaban J connectivity index is 1.34. The highest BCUT2D eigenvalue weighted by atomic mass is 14.8. The molecule has 0 saturated heterocycles. The zero-order valence-corrected chi connectivity index (χ0v) is 19.3. The lowest BCUT2D eigenvalue weighted by atomic mass is 9.38. The van der Waals surface area contributed by atoms with Crippen LogP contribution in [0.25, 0.3) is 43.7 Å². The van der Waals surface area contributed by atoms with Crippen LogP contribution < -0.4 is 0 Å². The predicted octanol–water partition coefficient (Wildman–Crippen LogP) is 8.20. The second-order valence-corrected chi connectivity index (χ2v) is 12.4. The minimum Gasteiger partial charge on any atom is -0.354 e. The van der Waals surface area contributed by atoms with Crippen molar-refractivity contribution in [1.82, 2.24) is 4.98 Å². The summed E-state index contributed by atoms with van der Waals surface area (Å²) in [6.45, 7) is 0. The third kappa shape index (κ3) is 1.62. The van der Waals surface area contributed by atoms with Crippen LogP contribution in [0.1, 0.15) is 43.2 Å². The Morgan fingerprint density at radius 2 is 1.44 bits per heavy atom. The molecule has 4 fully saturated rings. The molecule has 1 nitrogen and oxygen atoms in total. The average molecular weight is 438 g/mol. The first-order chi connectivity index (χ1) is 16.8. The van der Waals surface area contributed by atoms with Crippen LogP contribution >= 0.6 is 0 Å². The summed E-state index contributed by atoms with van der Waals surface area (Å²) in [5.41, 5.74) is 9.85. The Morgan fingerprint density at radius 1 is 0.647 bits per heavy atom. The molecule has 4 aromatic carbocycles. The number of aromatic amines is 1. The molecule has 1 N–H and O–H groups in total. The fraction of sp³-hybridized carbons (Fsp3) is 0.333. The quantitative estimate of drug-likeness (QED) is 0.251. The number of rotatable bonds is 0. The Hall–Kier alpha value is -3.06. The lowest BCUT2D eigenvalue weighted by Crippen LogP contribution is -2.62. The van der Waals surface area contributed by atoms with E-state index in [1.165, 1.54) is 75.8 Å². The van der Waals surface area contributed by atoms with Crippen molar-refractivity contribution in [2.45, 2.75) is 37.5 Å². The molecule has 1 aromatic heterocycles. The molecular weight excluding hydrogens is 410 g/mol. The summed E-state index contributed by atoms with van der Waals surface area (Å²) in [5.74, 6) is 3.68. The van der Waals surface area contributed by atoms with E-state index in [4.69, 9.17) is 0 Å². The second kappa shape index (κ2) is 5.28. The molecule has 4 unspecified atom stereocenters. The number of hydrogen-bond acceptors (Lipinski definition) is 0. The Morgan fingerprint density at radius 3 is 2.32 bits per heavy atom. The molecule has 5 aromatic rings. The van der Waals surface area contributed by atoms with Gasteiger partial charge in [0.05, 0.1) is 0 Å². The third-order valence-corrected chi connectivity index (χ3v) is 11.4. The van der Waals surface area contributed by atoms with E-state index in [0.717, 1.165) is 23.7 Å². The second-order valence-electron chi connectivity index (χ2n) is 12.4. The molecule has 10 rings (SSSR count). The first kappa shape index (κ1) is 17.4. The van der Waals surface area contributed by atoms with Crippen LogP contribution in [0.5, 0.6) is 0 Å². The van der Waals surface area contributed by atoms with E-state index in [0.29, 0.717) is 5.41 Å². The molecule has 3 bridgehead atoms. The molecule has 164 valence electrons. The van der Waals surface area contributed by atoms with Crippen LogP contribution in [-0.4, -0.2) is 4.98 Å². The highest BCUT2D eigenvalue weighted by Gasteiger charge is 2.79. The lowest BCUT2D eigenvalue weighted by Gasteiger charge is -2.64. The summed E-state index contributed by atoms with van der Waals surface area (Å²) in [6, 6.07) is 28.1. The highest BCUT2D eigenvalue weighted by Crippen LogP contribution is 2.85. The largest absolute Gasteiger partial charge is 0.354 e. The van der Waals surface area contributed by atoms with Gasteiger partial charge in [-0.1, -0.05) is 54.6 Å². The smallest absolute Gasteiger partial charge is 0.0471 e. The highest BCUT2D eigenvalue weighted by molar-refractivity contribution is 6.21. The number of nitrogens with one attached hydrogen (secondary N) is 1. The molecule has 1 heteroatoms. The molecule has 0 amide bonds. The molecule has 4 atom stereocenters. The van der Waals surface area contributed by atoms with E-state index in [2.05, 4.69) is 77.8 Å². The Labute approximate surface area is 199 Å². The van der Waals surface area contributed by atoms with E-state index in [1.54, 1.807) is 11.1 Å². The van der Waals surface area contributed by atoms with Crippen LogP contribution in [0.15, 0.2) is 72.8 Å². The zero-order chi connectivity index (χ0) is 21.8. The number of aromatic nitrogens is 1. The van der Waals surface area contributed by atoms with Gasteiger partial charge in [-0.15, -0.1) is 0 Å². The summed E-state index contributed by atoms with van der Waals surface area (Å²) in [7, 11) is 0. The van der Waals surface area contributed by atoms with Gasteiger partial charge in [-0.05, 0) is 112 Å². The monoisotopic (exact) mass is 437 g/mol. The van der Waals surface area contributed by atoms with Crippen LogP contribution in [0.4, 0.5) is 0 Å². The van der Waals surface area contributed by atoms with Gasteiger partial charge in [-0.3, -0.25) is 0 Å². The average Bonchev–Trinajstić information content (AvgIpc) is 3.52. The van der Waals surface area contributed by atoms with Crippen LogP contribution in [0, 0.1) is 29.1 Å². The Kier molecular flexibility index (Phi) is 2.70.